The van der Waals surface area contributed by atoms with Crippen molar-refractivity contribution in [3.63, 3.8) is 0 Å². The zero-order valence-corrected chi connectivity index (χ0v) is 43.4. The summed E-state index contributed by atoms with van der Waals surface area (Å²) in [7, 11) is 0. The lowest BCUT2D eigenvalue weighted by Gasteiger charge is -2.10. The molecule has 0 aliphatic carbocycles. The number of benzene rings is 3. The molecule has 3 aromatic rings. The van der Waals surface area contributed by atoms with Gasteiger partial charge in [0.1, 0.15) is 17.2 Å². The van der Waals surface area contributed by atoms with Gasteiger partial charge >= 0.3 is 23.9 Å². The van der Waals surface area contributed by atoms with Crippen molar-refractivity contribution in [3.8, 4) is 23.0 Å². The number of carbonyl (C=O) groups excluding carboxylic acids is 4. The number of esters is 4. The molecule has 71 heavy (non-hydrogen) atoms. The Hall–Kier alpha value is -5.45. The van der Waals surface area contributed by atoms with Crippen molar-refractivity contribution in [2.75, 3.05) is 26.4 Å². The van der Waals surface area contributed by atoms with Gasteiger partial charge in [0.25, 0.3) is 0 Å². The van der Waals surface area contributed by atoms with Gasteiger partial charge in [-0.15, -0.1) is 0 Å². The number of ether oxygens (including phenoxy) is 6. The number of unbranched alkanes of at least 4 members (excludes halogenated alkanes) is 26. The Morgan fingerprint density at radius 3 is 0.972 bits per heavy atom. The zero-order valence-electron chi connectivity index (χ0n) is 43.4. The predicted molar refractivity (Wildman–Crippen MR) is 281 cm³/mol. The second-order valence-corrected chi connectivity index (χ2v) is 18.8. The maximum atomic E-state index is 15.0. The molecule has 0 N–H and O–H groups in total. The maximum absolute atomic E-state index is 15.0. The van der Waals surface area contributed by atoms with Crippen LogP contribution in [0.1, 0.15) is 214 Å². The van der Waals surface area contributed by atoms with E-state index in [0.717, 1.165) is 57.4 Å². The van der Waals surface area contributed by atoms with Gasteiger partial charge in [-0.1, -0.05) is 167 Å². The SMILES string of the molecule is C=C(C)C(=O)OCCCCCCCCCCCCCCCCOc1ccc(C(=O)Oc2ccc(OC(=O)c3ccc(OCCCCCCCCCCCCCCCCOC(=O)C(=C)C)cc3)c(F)c2)cc1. The summed E-state index contributed by atoms with van der Waals surface area (Å²) >= 11 is 0. The molecular weight excluding hydrogens is 900 g/mol. The fourth-order valence-corrected chi connectivity index (χ4v) is 7.93. The summed E-state index contributed by atoms with van der Waals surface area (Å²) in [4.78, 5) is 48.3. The molecule has 0 aliphatic heterocycles. The molecule has 3 rings (SSSR count). The summed E-state index contributed by atoms with van der Waals surface area (Å²) in [5, 5.41) is 0. The molecule has 392 valence electrons. The van der Waals surface area contributed by atoms with Crippen molar-refractivity contribution >= 4 is 23.9 Å². The van der Waals surface area contributed by atoms with Gasteiger partial charge in [0.2, 0.25) is 0 Å². The van der Waals surface area contributed by atoms with Crippen molar-refractivity contribution in [2.24, 2.45) is 0 Å². The lowest BCUT2D eigenvalue weighted by molar-refractivity contribution is -0.139. The van der Waals surface area contributed by atoms with E-state index in [2.05, 4.69) is 13.2 Å². The largest absolute Gasteiger partial charge is 0.494 e. The Bertz CT molecular complexity index is 1980. The Morgan fingerprint density at radius 1 is 0.380 bits per heavy atom. The summed E-state index contributed by atoms with van der Waals surface area (Å²) in [5.74, 6) is -1.76. The summed E-state index contributed by atoms with van der Waals surface area (Å²) in [6.45, 7) is 12.7. The molecule has 0 unspecified atom stereocenters. The molecule has 0 saturated heterocycles. The lowest BCUT2D eigenvalue weighted by Crippen LogP contribution is -2.11. The topological polar surface area (TPSA) is 124 Å². The molecule has 0 radical (unpaired) electrons. The number of hydrogen-bond donors (Lipinski definition) is 0. The van der Waals surface area contributed by atoms with Gasteiger partial charge in [0.05, 0.1) is 37.6 Å². The fourth-order valence-electron chi connectivity index (χ4n) is 7.93. The first-order valence-corrected chi connectivity index (χ1v) is 26.9. The molecule has 10 nitrogen and oxygen atoms in total. The fraction of sp³-hybridized carbons (Fsp3) is 0.567. The first-order chi connectivity index (χ1) is 34.5. The highest BCUT2D eigenvalue weighted by Crippen LogP contribution is 2.26. The predicted octanol–water partition coefficient (Wildman–Crippen LogP) is 16.2. The molecule has 11 heteroatoms. The molecule has 0 saturated carbocycles. The second-order valence-electron chi connectivity index (χ2n) is 18.8. The summed E-state index contributed by atoms with van der Waals surface area (Å²) in [5.41, 5.74) is 1.46. The van der Waals surface area contributed by atoms with E-state index in [9.17, 15) is 23.6 Å². The van der Waals surface area contributed by atoms with E-state index in [1.807, 2.05) is 0 Å². The first kappa shape index (κ1) is 59.9. The Labute approximate surface area is 425 Å². The highest BCUT2D eigenvalue weighted by Gasteiger charge is 2.16. The van der Waals surface area contributed by atoms with Crippen molar-refractivity contribution in [1.82, 2.24) is 0 Å². The smallest absolute Gasteiger partial charge is 0.343 e. The van der Waals surface area contributed by atoms with E-state index in [4.69, 9.17) is 28.4 Å². The third kappa shape index (κ3) is 28.9. The molecular formula is C60H85FO10. The molecule has 0 aliphatic rings. The van der Waals surface area contributed by atoms with Crippen LogP contribution in [0.25, 0.3) is 0 Å². The van der Waals surface area contributed by atoms with Crippen molar-refractivity contribution in [1.29, 1.82) is 0 Å². The van der Waals surface area contributed by atoms with Crippen LogP contribution in [0, 0.1) is 5.82 Å². The molecule has 3 aromatic carbocycles. The van der Waals surface area contributed by atoms with E-state index in [-0.39, 0.29) is 29.0 Å². The highest BCUT2D eigenvalue weighted by atomic mass is 19.1. The van der Waals surface area contributed by atoms with E-state index in [0.29, 0.717) is 54.6 Å². The van der Waals surface area contributed by atoms with Gasteiger partial charge in [0, 0.05) is 17.2 Å². The molecule has 0 spiro atoms. The average Bonchev–Trinajstić information content (AvgIpc) is 3.36. The van der Waals surface area contributed by atoms with Crippen LogP contribution in [0.5, 0.6) is 23.0 Å². The quantitative estimate of drug-likeness (QED) is 0.0234. The minimum atomic E-state index is -0.836. The number of carbonyl (C=O) groups is 4. The van der Waals surface area contributed by atoms with Crippen LogP contribution in [0.15, 0.2) is 91.0 Å². The third-order valence-corrected chi connectivity index (χ3v) is 12.3. The van der Waals surface area contributed by atoms with Gasteiger partial charge in [-0.25, -0.2) is 23.6 Å². The zero-order chi connectivity index (χ0) is 51.2. The minimum Gasteiger partial charge on any atom is -0.494 e. The van der Waals surface area contributed by atoms with E-state index in [1.54, 1.807) is 62.4 Å². The number of hydrogen-bond acceptors (Lipinski definition) is 10. The molecule has 0 aromatic heterocycles. The molecule has 0 heterocycles. The first-order valence-electron chi connectivity index (χ1n) is 26.9. The van der Waals surface area contributed by atoms with Crippen LogP contribution < -0.4 is 18.9 Å². The molecule has 0 fully saturated rings. The summed E-state index contributed by atoms with van der Waals surface area (Å²) < 4.78 is 47.7. The van der Waals surface area contributed by atoms with E-state index < -0.39 is 17.8 Å². The van der Waals surface area contributed by atoms with E-state index >= 15 is 0 Å². The van der Waals surface area contributed by atoms with Gasteiger partial charge in [-0.2, -0.15) is 0 Å². The molecule has 0 amide bonds. The van der Waals surface area contributed by atoms with Gasteiger partial charge in [0.15, 0.2) is 11.6 Å². The number of rotatable bonds is 42. The number of halogens is 1. The third-order valence-electron chi connectivity index (χ3n) is 12.3. The van der Waals surface area contributed by atoms with Crippen molar-refractivity contribution in [3.05, 3.63) is 108 Å². The van der Waals surface area contributed by atoms with Crippen molar-refractivity contribution < 1.29 is 52.0 Å². The normalized spacial score (nSPS) is 10.9. The van der Waals surface area contributed by atoms with Crippen molar-refractivity contribution in [2.45, 2.75) is 194 Å². The van der Waals surface area contributed by atoms with Crippen LogP contribution in [0.3, 0.4) is 0 Å². The van der Waals surface area contributed by atoms with Crippen LogP contribution in [0.4, 0.5) is 4.39 Å². The Balaban J connectivity index is 1.15. The summed E-state index contributed by atoms with van der Waals surface area (Å²) in [6.07, 6.45) is 33.4. The molecule has 0 bridgehead atoms. The van der Waals surface area contributed by atoms with Crippen LogP contribution in [0.2, 0.25) is 0 Å². The minimum absolute atomic E-state index is 0.0155. The van der Waals surface area contributed by atoms with Gasteiger partial charge in [-0.05, 0) is 100 Å². The Kier molecular flexibility index (Phi) is 32.3. The van der Waals surface area contributed by atoms with Gasteiger partial charge in [-0.3, -0.25) is 0 Å². The standard InChI is InChI=1S/C60H85FO10/c1-48(2)57(62)68-45-31-27-23-19-15-11-7-5-9-13-17-21-25-29-43-66-52-37-33-50(34-38-52)59(64)70-54-41-42-56(55(61)47-54)71-60(65)51-35-39-53(40-36-51)67-44-30-26-22-18-14-10-6-8-12-16-20-24-28-32-46-69-58(63)49(3)4/h33-42,47H,1,3,5-32,43-46H2,2,4H3. The summed E-state index contributed by atoms with van der Waals surface area (Å²) in [6, 6.07) is 16.9. The average molecular weight is 985 g/mol. The maximum Gasteiger partial charge on any atom is 0.343 e. The van der Waals surface area contributed by atoms with Crippen LogP contribution in [-0.4, -0.2) is 50.3 Å². The second kappa shape index (κ2) is 38.3. The molecule has 0 atom stereocenters. The lowest BCUT2D eigenvalue weighted by atomic mass is 10.0. The highest BCUT2D eigenvalue weighted by molar-refractivity contribution is 5.92. The monoisotopic (exact) mass is 985 g/mol. The van der Waals surface area contributed by atoms with E-state index in [1.165, 1.54) is 141 Å². The van der Waals surface area contributed by atoms with Crippen LogP contribution >= 0.6 is 0 Å². The Morgan fingerprint density at radius 2 is 0.662 bits per heavy atom. The van der Waals surface area contributed by atoms with Crippen LogP contribution in [-0.2, 0) is 19.1 Å². The van der Waals surface area contributed by atoms with Gasteiger partial charge < -0.3 is 28.4 Å².